The second-order valence-corrected chi connectivity index (χ2v) is 6.89. The van der Waals surface area contributed by atoms with E-state index in [9.17, 15) is 12.8 Å². The lowest BCUT2D eigenvalue weighted by atomic mass is 10.2. The first kappa shape index (κ1) is 13.3. The number of anilines is 1. The molecule has 0 atom stereocenters. The zero-order valence-corrected chi connectivity index (χ0v) is 10.6. The second-order valence-electron chi connectivity index (χ2n) is 3.53. The minimum Gasteiger partial charge on any atom is -0.398 e. The number of nitrogen functional groups attached to an aromatic ring is 1. The topological polar surface area (TPSA) is 60.2 Å². The molecular weight excluding hydrogens is 249 g/mol. The highest BCUT2D eigenvalue weighted by Crippen LogP contribution is 2.19. The monoisotopic (exact) mass is 263 g/mol. The van der Waals surface area contributed by atoms with Gasteiger partial charge in [-0.2, -0.15) is 11.8 Å². The number of nitrogens with two attached hydrogens (primary N) is 1. The van der Waals surface area contributed by atoms with Crippen LogP contribution in [0.1, 0.15) is 5.56 Å². The van der Waals surface area contributed by atoms with Crippen LogP contribution in [0.25, 0.3) is 0 Å². The summed E-state index contributed by atoms with van der Waals surface area (Å²) >= 11 is 1.43. The Morgan fingerprint density at radius 1 is 1.44 bits per heavy atom. The SMILES string of the molecule is CS(=O)(=O)CCSCc1cc(F)ccc1N. The average molecular weight is 263 g/mol. The number of benzene rings is 1. The fourth-order valence-electron chi connectivity index (χ4n) is 1.09. The van der Waals surface area contributed by atoms with E-state index in [1.807, 2.05) is 0 Å². The normalized spacial score (nSPS) is 11.6. The van der Waals surface area contributed by atoms with Crippen molar-refractivity contribution in [2.24, 2.45) is 0 Å². The summed E-state index contributed by atoms with van der Waals surface area (Å²) in [4.78, 5) is 0. The molecule has 1 rings (SSSR count). The molecule has 0 spiro atoms. The van der Waals surface area contributed by atoms with Crippen LogP contribution in [0.3, 0.4) is 0 Å². The van der Waals surface area contributed by atoms with E-state index in [4.69, 9.17) is 5.73 Å². The summed E-state index contributed by atoms with van der Waals surface area (Å²) in [5.41, 5.74) is 6.90. The maximum atomic E-state index is 12.9. The molecule has 0 radical (unpaired) electrons. The standard InChI is InChI=1S/C10H14FNO2S2/c1-16(13,14)5-4-15-7-8-6-9(11)2-3-10(8)12/h2-3,6H,4-5,7,12H2,1H3. The molecule has 16 heavy (non-hydrogen) atoms. The van der Waals surface area contributed by atoms with Crippen molar-refractivity contribution in [3.05, 3.63) is 29.6 Å². The predicted octanol–water partition coefficient (Wildman–Crippen LogP) is 1.69. The molecule has 1 aromatic rings. The Labute approximate surface area is 99.1 Å². The fourth-order valence-corrected chi connectivity index (χ4v) is 3.39. The van der Waals surface area contributed by atoms with Gasteiger partial charge in [-0.15, -0.1) is 0 Å². The van der Waals surface area contributed by atoms with Gasteiger partial charge in [0.15, 0.2) is 0 Å². The van der Waals surface area contributed by atoms with Crippen molar-refractivity contribution in [2.45, 2.75) is 5.75 Å². The first-order valence-electron chi connectivity index (χ1n) is 4.68. The molecule has 0 unspecified atom stereocenters. The van der Waals surface area contributed by atoms with E-state index in [1.54, 1.807) is 0 Å². The molecule has 6 heteroatoms. The molecule has 1 aromatic carbocycles. The van der Waals surface area contributed by atoms with Crippen LogP contribution >= 0.6 is 11.8 Å². The van der Waals surface area contributed by atoms with Gasteiger partial charge < -0.3 is 5.73 Å². The van der Waals surface area contributed by atoms with E-state index in [-0.39, 0.29) is 11.6 Å². The van der Waals surface area contributed by atoms with Gasteiger partial charge in [-0.05, 0) is 23.8 Å². The number of halogens is 1. The largest absolute Gasteiger partial charge is 0.398 e. The van der Waals surface area contributed by atoms with Crippen molar-refractivity contribution >= 4 is 27.3 Å². The zero-order valence-electron chi connectivity index (χ0n) is 8.94. The number of rotatable bonds is 5. The lowest BCUT2D eigenvalue weighted by Crippen LogP contribution is -2.05. The minimum atomic E-state index is -2.92. The van der Waals surface area contributed by atoms with Gasteiger partial charge in [-0.3, -0.25) is 0 Å². The van der Waals surface area contributed by atoms with Gasteiger partial charge in [-0.1, -0.05) is 0 Å². The third-order valence-corrected chi connectivity index (χ3v) is 4.17. The molecule has 0 aliphatic heterocycles. The van der Waals surface area contributed by atoms with Crippen LogP contribution in [-0.4, -0.2) is 26.2 Å². The molecule has 0 saturated heterocycles. The Hall–Kier alpha value is -0.750. The molecule has 90 valence electrons. The summed E-state index contributed by atoms with van der Waals surface area (Å²) in [5, 5.41) is 0. The number of hydrogen-bond donors (Lipinski definition) is 1. The van der Waals surface area contributed by atoms with Crippen molar-refractivity contribution < 1.29 is 12.8 Å². The Morgan fingerprint density at radius 2 is 2.12 bits per heavy atom. The molecule has 0 heterocycles. The molecule has 0 amide bonds. The third kappa shape index (κ3) is 4.85. The van der Waals surface area contributed by atoms with Crippen LogP contribution in [-0.2, 0) is 15.6 Å². The van der Waals surface area contributed by atoms with Crippen LogP contribution in [0.5, 0.6) is 0 Å². The third-order valence-electron chi connectivity index (χ3n) is 1.96. The van der Waals surface area contributed by atoms with Crippen molar-refractivity contribution in [1.82, 2.24) is 0 Å². The van der Waals surface area contributed by atoms with Crippen molar-refractivity contribution in [2.75, 3.05) is 23.5 Å². The Balaban J connectivity index is 2.46. The lowest BCUT2D eigenvalue weighted by molar-refractivity contribution is 0.603. The Bertz CT molecular complexity index is 460. The average Bonchev–Trinajstić information content (AvgIpc) is 2.16. The van der Waals surface area contributed by atoms with Crippen LogP contribution in [0.2, 0.25) is 0 Å². The first-order chi connectivity index (χ1) is 7.38. The van der Waals surface area contributed by atoms with E-state index < -0.39 is 9.84 Å². The van der Waals surface area contributed by atoms with Gasteiger partial charge in [0.1, 0.15) is 15.7 Å². The molecule has 0 bridgehead atoms. The van der Waals surface area contributed by atoms with Crippen molar-refractivity contribution in [3.63, 3.8) is 0 Å². The number of hydrogen-bond acceptors (Lipinski definition) is 4. The molecular formula is C10H14FNO2S2. The van der Waals surface area contributed by atoms with E-state index in [2.05, 4.69) is 0 Å². The minimum absolute atomic E-state index is 0.132. The lowest BCUT2D eigenvalue weighted by Gasteiger charge is -2.05. The van der Waals surface area contributed by atoms with E-state index in [1.165, 1.54) is 36.2 Å². The Morgan fingerprint density at radius 3 is 2.75 bits per heavy atom. The quantitative estimate of drug-likeness (QED) is 0.648. The summed E-state index contributed by atoms with van der Waals surface area (Å²) in [6, 6.07) is 4.20. The summed E-state index contributed by atoms with van der Waals surface area (Å²) in [6.45, 7) is 0. The zero-order chi connectivity index (χ0) is 12.2. The van der Waals surface area contributed by atoms with Crippen molar-refractivity contribution in [3.8, 4) is 0 Å². The molecule has 0 saturated carbocycles. The van der Waals surface area contributed by atoms with Crippen LogP contribution in [0.4, 0.5) is 10.1 Å². The van der Waals surface area contributed by atoms with Gasteiger partial charge >= 0.3 is 0 Å². The van der Waals surface area contributed by atoms with Crippen molar-refractivity contribution in [1.29, 1.82) is 0 Å². The summed E-state index contributed by atoms with van der Waals surface area (Å²) < 4.78 is 34.6. The predicted molar refractivity (Wildman–Crippen MR) is 66.7 cm³/mol. The highest BCUT2D eigenvalue weighted by Gasteiger charge is 2.04. The van der Waals surface area contributed by atoms with E-state index in [0.29, 0.717) is 22.8 Å². The molecule has 3 nitrogen and oxygen atoms in total. The molecule has 0 fully saturated rings. The van der Waals surface area contributed by atoms with Gasteiger partial charge in [0, 0.05) is 23.4 Å². The molecule has 0 aliphatic rings. The maximum absolute atomic E-state index is 12.9. The van der Waals surface area contributed by atoms with Gasteiger partial charge in [-0.25, -0.2) is 12.8 Å². The molecule has 2 N–H and O–H groups in total. The number of sulfone groups is 1. The first-order valence-corrected chi connectivity index (χ1v) is 7.89. The highest BCUT2D eigenvalue weighted by atomic mass is 32.2. The Kier molecular flexibility index (Phi) is 4.61. The second kappa shape index (κ2) is 5.54. The summed E-state index contributed by atoms with van der Waals surface area (Å²) in [5.74, 6) is 0.828. The van der Waals surface area contributed by atoms with Crippen LogP contribution in [0.15, 0.2) is 18.2 Å². The molecule has 0 aromatic heterocycles. The number of thioether (sulfide) groups is 1. The smallest absolute Gasteiger partial charge is 0.148 e. The highest BCUT2D eigenvalue weighted by molar-refractivity contribution is 7.99. The fraction of sp³-hybridized carbons (Fsp3) is 0.400. The van der Waals surface area contributed by atoms with Gasteiger partial charge in [0.05, 0.1) is 5.75 Å². The van der Waals surface area contributed by atoms with Gasteiger partial charge in [0.2, 0.25) is 0 Å². The summed E-state index contributed by atoms with van der Waals surface area (Å²) in [7, 11) is -2.92. The summed E-state index contributed by atoms with van der Waals surface area (Å²) in [6.07, 6.45) is 1.20. The van der Waals surface area contributed by atoms with E-state index in [0.717, 1.165) is 0 Å². The van der Waals surface area contributed by atoms with E-state index >= 15 is 0 Å². The van der Waals surface area contributed by atoms with Gasteiger partial charge in [0.25, 0.3) is 0 Å². The maximum Gasteiger partial charge on any atom is 0.148 e. The molecule has 0 aliphatic carbocycles. The van der Waals surface area contributed by atoms with Crippen LogP contribution < -0.4 is 5.73 Å². The van der Waals surface area contributed by atoms with Crippen LogP contribution in [0, 0.1) is 5.82 Å².